The van der Waals surface area contributed by atoms with Crippen LogP contribution in [0, 0.1) is 11.3 Å². The van der Waals surface area contributed by atoms with Crippen LogP contribution < -0.4 is 4.74 Å². The van der Waals surface area contributed by atoms with E-state index in [2.05, 4.69) is 32.9 Å². The Hall–Kier alpha value is -1.55. The highest BCUT2D eigenvalue weighted by Gasteiger charge is 2.50. The summed E-state index contributed by atoms with van der Waals surface area (Å²) in [4.78, 5) is 14.9. The Balaban J connectivity index is 2.05. The molecule has 0 heterocycles. The number of ether oxygens (including phenoxy) is 1. The fraction of sp³-hybridized carbons (Fsp3) is 0.741. The van der Waals surface area contributed by atoms with E-state index in [-0.39, 0.29) is 23.6 Å². The van der Waals surface area contributed by atoms with Crippen LogP contribution in [0.1, 0.15) is 97.8 Å². The quantitative estimate of drug-likeness (QED) is 0.601. The smallest absolute Gasteiger partial charge is 0.410 e. The number of carbonyl (C=O) groups excluding carboxylic acids is 1. The molecule has 1 unspecified atom stereocenters. The monoisotopic (exact) mass is 429 g/mol. The Morgan fingerprint density at radius 3 is 2.35 bits per heavy atom. The highest BCUT2D eigenvalue weighted by molar-refractivity contribution is 5.72. The topological polar surface area (TPSA) is 49.8 Å². The van der Waals surface area contributed by atoms with Gasteiger partial charge in [-0.3, -0.25) is 0 Å². The zero-order valence-electron chi connectivity index (χ0n) is 20.9. The number of rotatable bonds is 5. The Morgan fingerprint density at radius 1 is 1.13 bits per heavy atom. The van der Waals surface area contributed by atoms with E-state index in [0.29, 0.717) is 23.5 Å². The molecular weight excluding hydrogens is 386 g/mol. The van der Waals surface area contributed by atoms with Crippen molar-refractivity contribution in [2.45, 2.75) is 118 Å². The second-order valence-corrected chi connectivity index (χ2v) is 11.5. The van der Waals surface area contributed by atoms with E-state index < -0.39 is 6.10 Å². The lowest BCUT2D eigenvalue weighted by molar-refractivity contribution is 0.0404. The van der Waals surface area contributed by atoms with E-state index in [9.17, 15) is 9.90 Å². The van der Waals surface area contributed by atoms with Gasteiger partial charge in [0, 0.05) is 18.5 Å². The molecule has 0 aliphatic heterocycles. The van der Waals surface area contributed by atoms with Crippen molar-refractivity contribution in [1.29, 1.82) is 0 Å². The molecule has 3 atom stereocenters. The summed E-state index contributed by atoms with van der Waals surface area (Å²) in [5.41, 5.74) is 4.10. The number of fused-ring (bicyclic) bond motifs is 3. The molecule has 2 aliphatic carbocycles. The van der Waals surface area contributed by atoms with Gasteiger partial charge in [0.05, 0.1) is 6.10 Å². The minimum Gasteiger partial charge on any atom is -0.410 e. The van der Waals surface area contributed by atoms with Crippen LogP contribution in [0.5, 0.6) is 5.75 Å². The summed E-state index contributed by atoms with van der Waals surface area (Å²) >= 11 is 0. The first kappa shape index (κ1) is 24.1. The van der Waals surface area contributed by atoms with Gasteiger partial charge >= 0.3 is 6.09 Å². The van der Waals surface area contributed by atoms with Gasteiger partial charge in [0.2, 0.25) is 0 Å². The number of nitrogens with zero attached hydrogens (tertiary/aromatic N) is 1. The molecule has 1 N–H and O–H groups in total. The van der Waals surface area contributed by atoms with Crippen LogP contribution in [-0.2, 0) is 18.3 Å². The van der Waals surface area contributed by atoms with E-state index in [4.69, 9.17) is 4.74 Å². The van der Waals surface area contributed by atoms with Gasteiger partial charge < -0.3 is 14.7 Å². The summed E-state index contributed by atoms with van der Waals surface area (Å²) in [7, 11) is 0. The molecular formula is C27H43NO3. The first-order valence-corrected chi connectivity index (χ1v) is 12.2. The fourth-order valence-electron chi connectivity index (χ4n) is 6.61. The van der Waals surface area contributed by atoms with Gasteiger partial charge in [-0.2, -0.15) is 0 Å². The summed E-state index contributed by atoms with van der Waals surface area (Å²) in [5, 5.41) is 10.1. The number of carbonyl (C=O) groups is 1. The first-order valence-electron chi connectivity index (χ1n) is 12.2. The van der Waals surface area contributed by atoms with Gasteiger partial charge in [-0.05, 0) is 99.8 Å². The fourth-order valence-corrected chi connectivity index (χ4v) is 6.61. The van der Waals surface area contributed by atoms with Crippen LogP contribution in [-0.4, -0.2) is 34.3 Å². The summed E-state index contributed by atoms with van der Waals surface area (Å²) in [6.45, 7) is 17.1. The molecule has 4 heteroatoms. The molecule has 174 valence electrons. The summed E-state index contributed by atoms with van der Waals surface area (Å²) in [6.07, 6.45) is 5.66. The Labute approximate surface area is 189 Å². The Morgan fingerprint density at radius 2 is 1.77 bits per heavy atom. The van der Waals surface area contributed by atoms with Crippen LogP contribution in [0.2, 0.25) is 0 Å². The second kappa shape index (κ2) is 8.77. The highest BCUT2D eigenvalue weighted by Crippen LogP contribution is 2.57. The van der Waals surface area contributed by atoms with Crippen molar-refractivity contribution >= 4 is 6.09 Å². The van der Waals surface area contributed by atoms with Crippen molar-refractivity contribution in [1.82, 2.24) is 4.90 Å². The van der Waals surface area contributed by atoms with E-state index >= 15 is 0 Å². The maximum atomic E-state index is 13.1. The standard InChI is InChI=1S/C27H43NO3/c1-17(2)28(18(3)4)25(30)31-23-16-22-20(15-21(23)14-19(5)29)10-11-24-26(6,7)12-9-13-27(22,24)8/h15-19,24,29H,9-14H2,1-8H3/t19?,24-,27+/m0/s1. The van der Waals surface area contributed by atoms with Crippen molar-refractivity contribution in [3.8, 4) is 5.75 Å². The molecule has 0 aromatic heterocycles. The molecule has 0 bridgehead atoms. The molecule has 1 aromatic rings. The van der Waals surface area contributed by atoms with Gasteiger partial charge in [-0.25, -0.2) is 4.79 Å². The first-order chi connectivity index (χ1) is 14.4. The average molecular weight is 430 g/mol. The zero-order chi connectivity index (χ0) is 23.1. The van der Waals surface area contributed by atoms with Crippen molar-refractivity contribution in [3.63, 3.8) is 0 Å². The van der Waals surface area contributed by atoms with E-state index in [1.165, 1.54) is 36.8 Å². The van der Waals surface area contributed by atoms with Crippen LogP contribution in [0.3, 0.4) is 0 Å². The normalized spacial score (nSPS) is 25.7. The van der Waals surface area contributed by atoms with Gasteiger partial charge in [0.25, 0.3) is 0 Å². The molecule has 1 aromatic carbocycles. The lowest BCUT2D eigenvalue weighted by Crippen LogP contribution is -2.48. The van der Waals surface area contributed by atoms with Crippen molar-refractivity contribution in [2.75, 3.05) is 0 Å². The average Bonchev–Trinajstić information content (AvgIpc) is 2.60. The third kappa shape index (κ3) is 4.65. The van der Waals surface area contributed by atoms with E-state index in [1.807, 2.05) is 27.7 Å². The van der Waals surface area contributed by atoms with Crippen LogP contribution in [0.15, 0.2) is 12.1 Å². The van der Waals surface area contributed by atoms with Gasteiger partial charge in [0.15, 0.2) is 0 Å². The van der Waals surface area contributed by atoms with Gasteiger partial charge in [-0.1, -0.05) is 33.3 Å². The Kier molecular flexibility index (Phi) is 6.82. The molecule has 1 saturated carbocycles. The van der Waals surface area contributed by atoms with E-state index in [1.54, 1.807) is 11.8 Å². The third-order valence-corrected chi connectivity index (χ3v) is 7.87. The summed E-state index contributed by atoms with van der Waals surface area (Å²) < 4.78 is 6.05. The van der Waals surface area contributed by atoms with Crippen LogP contribution in [0.25, 0.3) is 0 Å². The summed E-state index contributed by atoms with van der Waals surface area (Å²) in [6, 6.07) is 4.48. The molecule has 3 rings (SSSR count). The second-order valence-electron chi connectivity index (χ2n) is 11.5. The molecule has 31 heavy (non-hydrogen) atoms. The van der Waals surface area contributed by atoms with E-state index in [0.717, 1.165) is 12.0 Å². The zero-order valence-corrected chi connectivity index (χ0v) is 20.9. The predicted molar refractivity (Wildman–Crippen MR) is 127 cm³/mol. The number of aliphatic hydroxyl groups is 1. The number of aryl methyl sites for hydroxylation is 1. The summed E-state index contributed by atoms with van der Waals surface area (Å²) in [5.74, 6) is 1.26. The number of hydrogen-bond donors (Lipinski definition) is 1. The number of amides is 1. The lowest BCUT2D eigenvalue weighted by atomic mass is 9.50. The minimum atomic E-state index is -0.484. The molecule has 4 nitrogen and oxygen atoms in total. The molecule has 0 saturated heterocycles. The molecule has 1 fully saturated rings. The van der Waals surface area contributed by atoms with Gasteiger partial charge in [-0.15, -0.1) is 0 Å². The maximum absolute atomic E-state index is 13.1. The SMILES string of the molecule is CC(O)Cc1cc2c(cc1OC(=O)N(C(C)C)C(C)C)[C@@]1(C)CCCC(C)(C)[C@@H]1CC2. The number of hydrogen-bond acceptors (Lipinski definition) is 3. The Bertz CT molecular complexity index is 803. The van der Waals surface area contributed by atoms with Crippen LogP contribution in [0.4, 0.5) is 4.79 Å². The molecule has 0 spiro atoms. The lowest BCUT2D eigenvalue weighted by Gasteiger charge is -2.54. The molecule has 1 amide bonds. The van der Waals surface area contributed by atoms with Crippen molar-refractivity contribution < 1.29 is 14.6 Å². The largest absolute Gasteiger partial charge is 0.415 e. The predicted octanol–water partition coefficient (Wildman–Crippen LogP) is 6.26. The number of benzene rings is 1. The molecule has 2 aliphatic rings. The number of aliphatic hydroxyl groups excluding tert-OH is 1. The van der Waals surface area contributed by atoms with Crippen molar-refractivity contribution in [2.24, 2.45) is 11.3 Å². The minimum absolute atomic E-state index is 0.0615. The maximum Gasteiger partial charge on any atom is 0.415 e. The van der Waals surface area contributed by atoms with Crippen molar-refractivity contribution in [3.05, 3.63) is 28.8 Å². The third-order valence-electron chi connectivity index (χ3n) is 7.87. The highest BCUT2D eigenvalue weighted by atomic mass is 16.6. The molecule has 0 radical (unpaired) electrons. The van der Waals surface area contributed by atoms with Crippen LogP contribution >= 0.6 is 0 Å². The van der Waals surface area contributed by atoms with Gasteiger partial charge in [0.1, 0.15) is 5.75 Å².